The van der Waals surface area contributed by atoms with E-state index in [9.17, 15) is 0 Å². The first kappa shape index (κ1) is 13.5. The topological polar surface area (TPSA) is 23.8 Å². The largest absolute Gasteiger partial charge is 0.192 e. The molecule has 0 radical (unpaired) electrons. The molecule has 0 amide bonds. The van der Waals surface area contributed by atoms with Gasteiger partial charge in [-0.05, 0) is 18.2 Å². The minimum atomic E-state index is 0.361. The summed E-state index contributed by atoms with van der Waals surface area (Å²) in [4.78, 5) is 0. The van der Waals surface area contributed by atoms with Gasteiger partial charge in [-0.25, -0.2) is 0 Å². The maximum Gasteiger partial charge on any atom is 0.101 e. The van der Waals surface area contributed by atoms with E-state index < -0.39 is 0 Å². The average molecular weight is 317 g/mol. The van der Waals surface area contributed by atoms with Crippen LogP contribution in [0.3, 0.4) is 0 Å². The van der Waals surface area contributed by atoms with Crippen LogP contribution in [0.15, 0.2) is 30.3 Å². The molecule has 5 heteroatoms. The van der Waals surface area contributed by atoms with Crippen molar-refractivity contribution in [3.8, 4) is 17.2 Å². The molecule has 0 saturated carbocycles. The van der Waals surface area contributed by atoms with Gasteiger partial charge < -0.3 is 0 Å². The Balaban J connectivity index is 2.74. The first-order valence-electron chi connectivity index (χ1n) is 4.88. The molecule has 0 N–H and O–H groups in total. The average Bonchev–Trinajstić information content (AvgIpc) is 2.33. The number of rotatable bonds is 1. The minimum absolute atomic E-state index is 0.361. The second-order valence-corrected chi connectivity index (χ2v) is 5.15. The van der Waals surface area contributed by atoms with Crippen LogP contribution in [0.4, 0.5) is 0 Å². The number of benzene rings is 2. The Kier molecular flexibility index (Phi) is 4.04. The smallest absolute Gasteiger partial charge is 0.101 e. The fraction of sp³-hybridized carbons (Fsp3) is 0. The van der Waals surface area contributed by atoms with Gasteiger partial charge in [0.1, 0.15) is 6.07 Å². The zero-order valence-electron chi connectivity index (χ0n) is 8.85. The maximum atomic E-state index is 9.14. The molecule has 0 bridgehead atoms. The van der Waals surface area contributed by atoms with Gasteiger partial charge in [0.2, 0.25) is 0 Å². The van der Waals surface area contributed by atoms with Gasteiger partial charge >= 0.3 is 0 Å². The normalized spacial score (nSPS) is 10.2. The molecule has 0 aliphatic carbocycles. The predicted molar refractivity (Wildman–Crippen MR) is 76.6 cm³/mol. The summed E-state index contributed by atoms with van der Waals surface area (Å²) in [6, 6.07) is 10.4. The van der Waals surface area contributed by atoms with E-state index >= 15 is 0 Å². The van der Waals surface area contributed by atoms with Crippen molar-refractivity contribution in [1.29, 1.82) is 5.26 Å². The van der Waals surface area contributed by atoms with Crippen LogP contribution >= 0.6 is 46.4 Å². The van der Waals surface area contributed by atoms with Crippen molar-refractivity contribution in [2.45, 2.75) is 0 Å². The van der Waals surface area contributed by atoms with Gasteiger partial charge in [0.05, 0.1) is 25.7 Å². The third-order valence-corrected chi connectivity index (χ3v) is 3.78. The molecule has 0 fully saturated rings. The predicted octanol–water partition coefficient (Wildman–Crippen LogP) is 5.84. The monoisotopic (exact) mass is 315 g/mol. The molecule has 0 saturated heterocycles. The zero-order valence-corrected chi connectivity index (χ0v) is 11.9. The molecule has 1 nitrogen and oxygen atoms in total. The molecule has 2 rings (SSSR count). The summed E-state index contributed by atoms with van der Waals surface area (Å²) in [6.07, 6.45) is 0. The summed E-state index contributed by atoms with van der Waals surface area (Å²) in [6.45, 7) is 0. The third-order valence-electron chi connectivity index (χ3n) is 2.43. The lowest BCUT2D eigenvalue weighted by Gasteiger charge is -2.09. The van der Waals surface area contributed by atoms with E-state index in [1.54, 1.807) is 30.3 Å². The van der Waals surface area contributed by atoms with E-state index in [4.69, 9.17) is 51.7 Å². The van der Waals surface area contributed by atoms with Crippen LogP contribution in [0.25, 0.3) is 11.1 Å². The number of nitrogens with zero attached hydrogens (tertiary/aromatic N) is 1. The van der Waals surface area contributed by atoms with E-state index in [-0.39, 0.29) is 0 Å². The summed E-state index contributed by atoms with van der Waals surface area (Å²) in [7, 11) is 0. The Labute approximate surface area is 124 Å². The van der Waals surface area contributed by atoms with Crippen LogP contribution in [0.1, 0.15) is 5.56 Å². The molecule has 18 heavy (non-hydrogen) atoms. The van der Waals surface area contributed by atoms with Gasteiger partial charge in [0, 0.05) is 11.1 Å². The Morgan fingerprint density at radius 1 is 0.778 bits per heavy atom. The highest BCUT2D eigenvalue weighted by atomic mass is 35.5. The molecule has 0 aromatic heterocycles. The van der Waals surface area contributed by atoms with Crippen LogP contribution in [0.2, 0.25) is 20.1 Å². The SMILES string of the molecule is N#Cc1c(Cl)cccc1-c1cc(Cl)c(Cl)cc1Cl. The van der Waals surface area contributed by atoms with Gasteiger partial charge in [-0.2, -0.15) is 5.26 Å². The number of hydrogen-bond donors (Lipinski definition) is 0. The quantitative estimate of drug-likeness (QED) is 0.606. The molecule has 0 spiro atoms. The van der Waals surface area contributed by atoms with Crippen molar-refractivity contribution in [3.05, 3.63) is 56.0 Å². The van der Waals surface area contributed by atoms with Crippen molar-refractivity contribution in [2.24, 2.45) is 0 Å². The number of hydrogen-bond acceptors (Lipinski definition) is 1. The van der Waals surface area contributed by atoms with E-state index in [2.05, 4.69) is 6.07 Å². The molecule has 0 unspecified atom stereocenters. The molecular weight excluding hydrogens is 312 g/mol. The van der Waals surface area contributed by atoms with Crippen molar-refractivity contribution >= 4 is 46.4 Å². The lowest BCUT2D eigenvalue weighted by Crippen LogP contribution is -1.87. The van der Waals surface area contributed by atoms with Gasteiger partial charge in [0.25, 0.3) is 0 Å². The fourth-order valence-electron chi connectivity index (χ4n) is 1.59. The summed E-state index contributed by atoms with van der Waals surface area (Å²) in [5.74, 6) is 0. The first-order valence-corrected chi connectivity index (χ1v) is 6.39. The van der Waals surface area contributed by atoms with E-state index in [0.29, 0.717) is 36.8 Å². The van der Waals surface area contributed by atoms with Gasteiger partial charge in [-0.15, -0.1) is 0 Å². The summed E-state index contributed by atoms with van der Waals surface area (Å²) in [5, 5.41) is 10.7. The lowest BCUT2D eigenvalue weighted by atomic mass is 10.0. The molecule has 2 aromatic rings. The summed E-state index contributed by atoms with van der Waals surface area (Å²) >= 11 is 23.9. The van der Waals surface area contributed by atoms with Crippen molar-refractivity contribution in [2.75, 3.05) is 0 Å². The third kappa shape index (κ3) is 2.43. The highest BCUT2D eigenvalue weighted by Crippen LogP contribution is 2.37. The minimum Gasteiger partial charge on any atom is -0.192 e. The summed E-state index contributed by atoms with van der Waals surface area (Å²) in [5.41, 5.74) is 1.62. The maximum absolute atomic E-state index is 9.14. The molecule has 0 aliphatic heterocycles. The number of nitriles is 1. The van der Waals surface area contributed by atoms with Crippen LogP contribution in [-0.4, -0.2) is 0 Å². The lowest BCUT2D eigenvalue weighted by molar-refractivity contribution is 1.48. The highest BCUT2D eigenvalue weighted by molar-refractivity contribution is 6.44. The molecule has 0 aliphatic rings. The second-order valence-electron chi connectivity index (χ2n) is 3.52. The Morgan fingerprint density at radius 3 is 2.11 bits per heavy atom. The fourth-order valence-corrected chi connectivity index (χ4v) is 2.46. The molecule has 2 aromatic carbocycles. The van der Waals surface area contributed by atoms with Crippen LogP contribution in [0, 0.1) is 11.3 Å². The second kappa shape index (κ2) is 5.38. The molecule has 0 heterocycles. The Hall–Kier alpha value is -0.910. The van der Waals surface area contributed by atoms with Gasteiger partial charge in [-0.3, -0.25) is 0 Å². The van der Waals surface area contributed by atoms with Gasteiger partial charge in [-0.1, -0.05) is 58.5 Å². The van der Waals surface area contributed by atoms with Crippen molar-refractivity contribution < 1.29 is 0 Å². The van der Waals surface area contributed by atoms with Crippen molar-refractivity contribution in [1.82, 2.24) is 0 Å². The molecule has 0 atom stereocenters. The van der Waals surface area contributed by atoms with Crippen LogP contribution < -0.4 is 0 Å². The molecular formula is C13H5Cl4N. The van der Waals surface area contributed by atoms with E-state index in [0.717, 1.165) is 0 Å². The Bertz CT molecular complexity index is 659. The van der Waals surface area contributed by atoms with E-state index in [1.807, 2.05) is 0 Å². The summed E-state index contributed by atoms with van der Waals surface area (Å²) < 4.78 is 0. The van der Waals surface area contributed by atoms with Crippen LogP contribution in [0.5, 0.6) is 0 Å². The van der Waals surface area contributed by atoms with E-state index in [1.165, 1.54) is 0 Å². The standard InChI is InChI=1S/C13H5Cl4N/c14-10-3-1-2-7(9(10)6-18)8-4-12(16)13(17)5-11(8)15/h1-5H. The van der Waals surface area contributed by atoms with Crippen molar-refractivity contribution in [3.63, 3.8) is 0 Å². The highest BCUT2D eigenvalue weighted by Gasteiger charge is 2.13. The molecule has 90 valence electrons. The zero-order chi connectivity index (χ0) is 13.3. The van der Waals surface area contributed by atoms with Gasteiger partial charge in [0.15, 0.2) is 0 Å². The number of halogens is 4. The first-order chi connectivity index (χ1) is 8.54. The van der Waals surface area contributed by atoms with Crippen LogP contribution in [-0.2, 0) is 0 Å². The Morgan fingerprint density at radius 2 is 1.44 bits per heavy atom.